The van der Waals surface area contributed by atoms with Crippen molar-refractivity contribution in [3.05, 3.63) is 58.7 Å². The summed E-state index contributed by atoms with van der Waals surface area (Å²) in [5.41, 5.74) is 3.67. The van der Waals surface area contributed by atoms with Crippen LogP contribution in [0.2, 0.25) is 5.02 Å². The van der Waals surface area contributed by atoms with Crippen LogP contribution in [0.3, 0.4) is 0 Å². The molecule has 1 saturated heterocycles. The van der Waals surface area contributed by atoms with Crippen LogP contribution in [0, 0.1) is 6.92 Å². The Morgan fingerprint density at radius 2 is 1.87 bits per heavy atom. The molecule has 0 atom stereocenters. The van der Waals surface area contributed by atoms with Crippen molar-refractivity contribution in [1.82, 2.24) is 15.3 Å². The predicted octanol–water partition coefficient (Wildman–Crippen LogP) is 6.36. The molecule has 10 heteroatoms. The zero-order valence-corrected chi connectivity index (χ0v) is 23.9. The van der Waals surface area contributed by atoms with E-state index in [1.54, 1.807) is 38.1 Å². The topological polar surface area (TPSA) is 105 Å². The minimum Gasteiger partial charge on any atom is -0.491 e. The van der Waals surface area contributed by atoms with Crippen LogP contribution in [-0.4, -0.2) is 43.3 Å². The molecule has 8 nitrogen and oxygen atoms in total. The van der Waals surface area contributed by atoms with Crippen LogP contribution in [-0.2, 0) is 9.84 Å². The van der Waals surface area contributed by atoms with E-state index in [2.05, 4.69) is 51.9 Å². The number of nitrogens with zero attached hydrogens (tertiary/aromatic N) is 2. The van der Waals surface area contributed by atoms with E-state index in [0.29, 0.717) is 30.0 Å². The standard InChI is InChI=1S/C28H36ClN5O3S/c1-5-14-37-25-16-21(20-10-12-30-13-11-20)19(4)15-24(25)33-28-31-17-22(29)27(34-28)32-23-8-6-7-9-26(23)38(35,36)18(2)3/h6-9,15-18,20,30H,5,10-14H2,1-4H3,(H2,31,32,33,34). The number of hydrogen-bond donors (Lipinski definition) is 3. The molecule has 1 fully saturated rings. The van der Waals surface area contributed by atoms with Crippen LogP contribution in [0.25, 0.3) is 0 Å². The number of sulfone groups is 1. The molecule has 0 bridgehead atoms. The van der Waals surface area contributed by atoms with Gasteiger partial charge in [-0.25, -0.2) is 13.4 Å². The highest BCUT2D eigenvalue weighted by Gasteiger charge is 2.24. The Balaban J connectivity index is 1.65. The van der Waals surface area contributed by atoms with Crippen LogP contribution in [0.5, 0.6) is 5.75 Å². The van der Waals surface area contributed by atoms with E-state index in [1.165, 1.54) is 17.3 Å². The SMILES string of the molecule is CCCOc1cc(C2CCNCC2)c(C)cc1Nc1ncc(Cl)c(Nc2ccccc2S(=O)(=O)C(C)C)n1. The normalized spacial score (nSPS) is 14.5. The Morgan fingerprint density at radius 3 is 2.58 bits per heavy atom. The van der Waals surface area contributed by atoms with E-state index in [4.69, 9.17) is 16.3 Å². The van der Waals surface area contributed by atoms with Crippen molar-refractivity contribution in [1.29, 1.82) is 0 Å². The number of hydrogen-bond acceptors (Lipinski definition) is 8. The lowest BCUT2D eigenvalue weighted by Crippen LogP contribution is -2.27. The molecule has 3 N–H and O–H groups in total. The molecule has 1 aliphatic heterocycles. The molecule has 2 heterocycles. The minimum atomic E-state index is -3.52. The van der Waals surface area contributed by atoms with Gasteiger partial charge in [-0.15, -0.1) is 0 Å². The Hall–Kier alpha value is -2.88. The lowest BCUT2D eigenvalue weighted by molar-refractivity contribution is 0.318. The summed E-state index contributed by atoms with van der Waals surface area (Å²) in [5, 5.41) is 9.53. The molecule has 4 rings (SSSR count). The van der Waals surface area contributed by atoms with Gasteiger partial charge < -0.3 is 20.7 Å². The average molecular weight is 558 g/mol. The molecule has 0 radical (unpaired) electrons. The van der Waals surface area contributed by atoms with Gasteiger partial charge in [0.05, 0.1) is 34.3 Å². The molecule has 2 aromatic carbocycles. The Bertz CT molecular complexity index is 1370. The Morgan fingerprint density at radius 1 is 1.13 bits per heavy atom. The number of benzene rings is 2. The van der Waals surface area contributed by atoms with Crippen molar-refractivity contribution in [3.63, 3.8) is 0 Å². The number of ether oxygens (including phenoxy) is 1. The molecular formula is C28H36ClN5O3S. The van der Waals surface area contributed by atoms with Crippen LogP contribution in [0.1, 0.15) is 57.1 Å². The summed E-state index contributed by atoms with van der Waals surface area (Å²) in [5.74, 6) is 1.87. The first-order valence-electron chi connectivity index (χ1n) is 13.1. The van der Waals surface area contributed by atoms with Crippen LogP contribution >= 0.6 is 11.6 Å². The van der Waals surface area contributed by atoms with E-state index in [0.717, 1.165) is 43.8 Å². The zero-order valence-electron chi connectivity index (χ0n) is 22.3. The van der Waals surface area contributed by atoms with Gasteiger partial charge in [-0.05, 0) is 94.4 Å². The molecule has 0 spiro atoms. The summed E-state index contributed by atoms with van der Waals surface area (Å²) in [6.07, 6.45) is 4.58. The van der Waals surface area contributed by atoms with Crippen LogP contribution in [0.15, 0.2) is 47.5 Å². The first-order valence-corrected chi connectivity index (χ1v) is 15.0. The lowest BCUT2D eigenvalue weighted by atomic mass is 9.87. The summed E-state index contributed by atoms with van der Waals surface area (Å²) >= 11 is 6.42. The lowest BCUT2D eigenvalue weighted by Gasteiger charge is -2.26. The highest BCUT2D eigenvalue weighted by atomic mass is 35.5. The maximum Gasteiger partial charge on any atom is 0.229 e. The number of piperidine rings is 1. The molecule has 3 aromatic rings. The molecule has 0 unspecified atom stereocenters. The molecule has 0 saturated carbocycles. The minimum absolute atomic E-state index is 0.193. The van der Waals surface area contributed by atoms with Crippen LogP contribution in [0.4, 0.5) is 23.1 Å². The number of halogens is 1. The van der Waals surface area contributed by atoms with Gasteiger partial charge in [0.15, 0.2) is 15.7 Å². The number of para-hydroxylation sites is 1. The molecule has 38 heavy (non-hydrogen) atoms. The monoisotopic (exact) mass is 557 g/mol. The number of aryl methyl sites for hydroxylation is 1. The third-order valence-electron chi connectivity index (χ3n) is 6.67. The second-order valence-electron chi connectivity index (χ2n) is 9.81. The number of nitrogens with one attached hydrogen (secondary N) is 3. The first-order chi connectivity index (χ1) is 18.2. The summed E-state index contributed by atoms with van der Waals surface area (Å²) < 4.78 is 31.9. The van der Waals surface area contributed by atoms with Crippen molar-refractivity contribution in [2.45, 2.75) is 63.0 Å². The van der Waals surface area contributed by atoms with Gasteiger partial charge in [-0.1, -0.05) is 30.7 Å². The molecule has 204 valence electrons. The van der Waals surface area contributed by atoms with E-state index in [1.807, 2.05) is 0 Å². The summed E-state index contributed by atoms with van der Waals surface area (Å²) in [7, 11) is -3.52. The Kier molecular flexibility index (Phi) is 9.12. The van der Waals surface area contributed by atoms with Crippen molar-refractivity contribution in [2.75, 3.05) is 30.3 Å². The van der Waals surface area contributed by atoms with Gasteiger partial charge in [-0.3, -0.25) is 0 Å². The molecule has 0 aliphatic carbocycles. The maximum absolute atomic E-state index is 12.9. The fraction of sp³-hybridized carbons (Fsp3) is 0.429. The third kappa shape index (κ3) is 6.39. The molecular weight excluding hydrogens is 522 g/mol. The molecule has 1 aromatic heterocycles. The first kappa shape index (κ1) is 28.1. The summed E-state index contributed by atoms with van der Waals surface area (Å²) in [6.45, 7) is 10.1. The van der Waals surface area contributed by atoms with Gasteiger partial charge in [0.25, 0.3) is 0 Å². The van der Waals surface area contributed by atoms with E-state index in [-0.39, 0.29) is 9.92 Å². The van der Waals surface area contributed by atoms with Gasteiger partial charge in [0, 0.05) is 0 Å². The van der Waals surface area contributed by atoms with Crippen molar-refractivity contribution < 1.29 is 13.2 Å². The van der Waals surface area contributed by atoms with E-state index < -0.39 is 15.1 Å². The molecule has 1 aliphatic rings. The highest BCUT2D eigenvalue weighted by Crippen LogP contribution is 2.37. The second kappa shape index (κ2) is 12.3. The number of aromatic nitrogens is 2. The summed E-state index contributed by atoms with van der Waals surface area (Å²) in [6, 6.07) is 11.0. The largest absolute Gasteiger partial charge is 0.491 e. The number of anilines is 4. The van der Waals surface area contributed by atoms with Gasteiger partial charge in [0.2, 0.25) is 5.95 Å². The fourth-order valence-corrected chi connectivity index (χ4v) is 5.88. The predicted molar refractivity (Wildman–Crippen MR) is 154 cm³/mol. The molecule has 0 amide bonds. The Labute approximate surface area is 230 Å². The average Bonchev–Trinajstić information content (AvgIpc) is 2.90. The van der Waals surface area contributed by atoms with Crippen molar-refractivity contribution in [2.24, 2.45) is 0 Å². The van der Waals surface area contributed by atoms with E-state index >= 15 is 0 Å². The van der Waals surface area contributed by atoms with Crippen molar-refractivity contribution in [3.8, 4) is 5.75 Å². The van der Waals surface area contributed by atoms with Gasteiger partial charge in [0.1, 0.15) is 10.8 Å². The van der Waals surface area contributed by atoms with Crippen molar-refractivity contribution >= 4 is 44.6 Å². The summed E-state index contributed by atoms with van der Waals surface area (Å²) in [4.78, 5) is 9.13. The number of rotatable bonds is 10. The fourth-order valence-electron chi connectivity index (χ4n) is 4.54. The van der Waals surface area contributed by atoms with Gasteiger partial charge in [-0.2, -0.15) is 4.98 Å². The zero-order chi connectivity index (χ0) is 27.3. The maximum atomic E-state index is 12.9. The smallest absolute Gasteiger partial charge is 0.229 e. The van der Waals surface area contributed by atoms with Gasteiger partial charge >= 0.3 is 0 Å². The van der Waals surface area contributed by atoms with Crippen LogP contribution < -0.4 is 20.7 Å². The van der Waals surface area contributed by atoms with E-state index in [9.17, 15) is 8.42 Å². The highest BCUT2D eigenvalue weighted by molar-refractivity contribution is 7.92. The third-order valence-corrected chi connectivity index (χ3v) is 9.15. The quantitative estimate of drug-likeness (QED) is 0.264. The second-order valence-corrected chi connectivity index (χ2v) is 12.7.